The number of rotatable bonds is 4. The van der Waals surface area contributed by atoms with Crippen molar-refractivity contribution in [3.8, 4) is 0 Å². The molecular weight excluding hydrogens is 164 g/mol. The number of hydrogen-bond acceptors (Lipinski definition) is 3. The van der Waals surface area contributed by atoms with Crippen LogP contribution in [-0.2, 0) is 0 Å². The van der Waals surface area contributed by atoms with Gasteiger partial charge in [0.05, 0.1) is 6.61 Å². The highest BCUT2D eigenvalue weighted by Gasteiger charge is 2.21. The van der Waals surface area contributed by atoms with Crippen LogP contribution in [0.3, 0.4) is 0 Å². The molecule has 78 valence electrons. The first kappa shape index (κ1) is 11.0. The lowest BCUT2D eigenvalue weighted by Crippen LogP contribution is -2.43. The van der Waals surface area contributed by atoms with Gasteiger partial charge in [0.25, 0.3) is 0 Å². The standard InChI is InChI=1S/C10H22N2O/c1-9(11-5-7-13)10-4-3-6-12(2)8-10/h9-11,13H,3-8H2,1-2H3. The highest BCUT2D eigenvalue weighted by Crippen LogP contribution is 2.18. The van der Waals surface area contributed by atoms with Crippen LogP contribution in [-0.4, -0.2) is 49.3 Å². The van der Waals surface area contributed by atoms with E-state index >= 15 is 0 Å². The minimum atomic E-state index is 0.243. The fraction of sp³-hybridized carbons (Fsp3) is 1.00. The third-order valence-electron chi connectivity index (χ3n) is 2.95. The minimum Gasteiger partial charge on any atom is -0.395 e. The molecule has 0 saturated carbocycles. The summed E-state index contributed by atoms with van der Waals surface area (Å²) in [5.41, 5.74) is 0. The Bertz CT molecular complexity index is 141. The molecule has 2 atom stereocenters. The van der Waals surface area contributed by atoms with Crippen molar-refractivity contribution >= 4 is 0 Å². The molecule has 2 unspecified atom stereocenters. The molecule has 3 nitrogen and oxygen atoms in total. The molecule has 13 heavy (non-hydrogen) atoms. The Hall–Kier alpha value is -0.120. The van der Waals surface area contributed by atoms with E-state index in [0.717, 1.165) is 12.5 Å². The van der Waals surface area contributed by atoms with Gasteiger partial charge in [-0.1, -0.05) is 0 Å². The van der Waals surface area contributed by atoms with Crippen molar-refractivity contribution in [1.29, 1.82) is 0 Å². The predicted octanol–water partition coefficient (Wildman–Crippen LogP) is 0.299. The molecular formula is C10H22N2O. The summed E-state index contributed by atoms with van der Waals surface area (Å²) in [5, 5.41) is 12.0. The van der Waals surface area contributed by atoms with E-state index in [2.05, 4.69) is 24.2 Å². The molecule has 1 fully saturated rings. The number of hydrogen-bond donors (Lipinski definition) is 2. The summed E-state index contributed by atoms with van der Waals surface area (Å²) in [6.45, 7) is 5.62. The summed E-state index contributed by atoms with van der Waals surface area (Å²) in [6, 6.07) is 0.537. The zero-order valence-corrected chi connectivity index (χ0v) is 8.79. The maximum atomic E-state index is 8.69. The second-order valence-corrected chi connectivity index (χ2v) is 4.13. The summed E-state index contributed by atoms with van der Waals surface area (Å²) in [5.74, 6) is 0.755. The number of likely N-dealkylation sites (tertiary alicyclic amines) is 1. The number of nitrogens with zero attached hydrogens (tertiary/aromatic N) is 1. The van der Waals surface area contributed by atoms with Gasteiger partial charge < -0.3 is 15.3 Å². The normalized spacial score (nSPS) is 27.5. The lowest BCUT2D eigenvalue weighted by Gasteiger charge is -2.33. The van der Waals surface area contributed by atoms with Crippen molar-refractivity contribution in [2.45, 2.75) is 25.8 Å². The Morgan fingerprint density at radius 3 is 3.00 bits per heavy atom. The first-order chi connectivity index (χ1) is 6.24. The smallest absolute Gasteiger partial charge is 0.0556 e. The molecule has 1 heterocycles. The molecule has 0 radical (unpaired) electrons. The Kier molecular flexibility index (Phi) is 4.70. The van der Waals surface area contributed by atoms with Crippen molar-refractivity contribution in [2.24, 2.45) is 5.92 Å². The number of aliphatic hydroxyl groups excluding tert-OH is 1. The second kappa shape index (κ2) is 5.58. The SMILES string of the molecule is CC(NCCO)C1CCCN(C)C1. The van der Waals surface area contributed by atoms with E-state index in [9.17, 15) is 0 Å². The fourth-order valence-corrected chi connectivity index (χ4v) is 2.07. The molecule has 3 heteroatoms. The monoisotopic (exact) mass is 186 g/mol. The Balaban J connectivity index is 2.24. The van der Waals surface area contributed by atoms with Crippen LogP contribution in [0.2, 0.25) is 0 Å². The van der Waals surface area contributed by atoms with E-state index in [1.54, 1.807) is 0 Å². The van der Waals surface area contributed by atoms with Gasteiger partial charge in [-0.3, -0.25) is 0 Å². The lowest BCUT2D eigenvalue weighted by atomic mass is 9.92. The van der Waals surface area contributed by atoms with Crippen molar-refractivity contribution in [2.75, 3.05) is 33.3 Å². The molecule has 0 aliphatic carbocycles. The molecule has 1 rings (SSSR count). The summed E-state index contributed by atoms with van der Waals surface area (Å²) in [6.07, 6.45) is 2.64. The van der Waals surface area contributed by atoms with E-state index in [-0.39, 0.29) is 6.61 Å². The van der Waals surface area contributed by atoms with Gasteiger partial charge in [0, 0.05) is 19.1 Å². The Morgan fingerprint density at radius 2 is 2.38 bits per heavy atom. The molecule has 2 N–H and O–H groups in total. The average Bonchev–Trinajstić information content (AvgIpc) is 2.14. The van der Waals surface area contributed by atoms with Gasteiger partial charge in [0.15, 0.2) is 0 Å². The van der Waals surface area contributed by atoms with Crippen LogP contribution in [0.5, 0.6) is 0 Å². The molecule has 0 aromatic heterocycles. The molecule has 0 spiro atoms. The third-order valence-corrected chi connectivity index (χ3v) is 2.95. The summed E-state index contributed by atoms with van der Waals surface area (Å²) < 4.78 is 0. The van der Waals surface area contributed by atoms with Crippen LogP contribution < -0.4 is 5.32 Å². The van der Waals surface area contributed by atoms with Gasteiger partial charge in [0.1, 0.15) is 0 Å². The quantitative estimate of drug-likeness (QED) is 0.663. The van der Waals surface area contributed by atoms with Crippen molar-refractivity contribution in [3.63, 3.8) is 0 Å². The van der Waals surface area contributed by atoms with E-state index in [4.69, 9.17) is 5.11 Å². The highest BCUT2D eigenvalue weighted by molar-refractivity contribution is 4.78. The largest absolute Gasteiger partial charge is 0.395 e. The molecule has 1 saturated heterocycles. The molecule has 0 aromatic carbocycles. The minimum absolute atomic E-state index is 0.243. The number of aliphatic hydroxyl groups is 1. The van der Waals surface area contributed by atoms with Crippen LogP contribution >= 0.6 is 0 Å². The van der Waals surface area contributed by atoms with E-state index in [1.807, 2.05) is 0 Å². The first-order valence-electron chi connectivity index (χ1n) is 5.27. The van der Waals surface area contributed by atoms with Gasteiger partial charge in [-0.2, -0.15) is 0 Å². The van der Waals surface area contributed by atoms with Crippen LogP contribution in [0.1, 0.15) is 19.8 Å². The fourth-order valence-electron chi connectivity index (χ4n) is 2.07. The van der Waals surface area contributed by atoms with Crippen molar-refractivity contribution in [3.05, 3.63) is 0 Å². The molecule has 0 bridgehead atoms. The number of nitrogens with one attached hydrogen (secondary N) is 1. The number of piperidine rings is 1. The summed E-state index contributed by atoms with van der Waals surface area (Å²) >= 11 is 0. The van der Waals surface area contributed by atoms with Gasteiger partial charge in [0.2, 0.25) is 0 Å². The first-order valence-corrected chi connectivity index (χ1v) is 5.27. The highest BCUT2D eigenvalue weighted by atomic mass is 16.3. The van der Waals surface area contributed by atoms with E-state index in [1.165, 1.54) is 25.9 Å². The van der Waals surface area contributed by atoms with Crippen LogP contribution in [0.15, 0.2) is 0 Å². The van der Waals surface area contributed by atoms with Gasteiger partial charge in [-0.05, 0) is 39.3 Å². The van der Waals surface area contributed by atoms with Crippen LogP contribution in [0.4, 0.5) is 0 Å². The molecule has 0 amide bonds. The zero-order valence-electron chi connectivity index (χ0n) is 8.79. The predicted molar refractivity (Wildman–Crippen MR) is 54.8 cm³/mol. The van der Waals surface area contributed by atoms with Crippen LogP contribution in [0, 0.1) is 5.92 Å². The van der Waals surface area contributed by atoms with Gasteiger partial charge in [-0.15, -0.1) is 0 Å². The zero-order chi connectivity index (χ0) is 9.68. The Labute approximate surface area is 81.1 Å². The van der Waals surface area contributed by atoms with Crippen molar-refractivity contribution < 1.29 is 5.11 Å². The van der Waals surface area contributed by atoms with E-state index in [0.29, 0.717) is 6.04 Å². The van der Waals surface area contributed by atoms with Gasteiger partial charge >= 0.3 is 0 Å². The Morgan fingerprint density at radius 1 is 1.62 bits per heavy atom. The third kappa shape index (κ3) is 3.63. The molecule has 1 aliphatic rings. The average molecular weight is 186 g/mol. The van der Waals surface area contributed by atoms with Crippen molar-refractivity contribution in [1.82, 2.24) is 10.2 Å². The maximum absolute atomic E-state index is 8.69. The van der Waals surface area contributed by atoms with E-state index < -0.39 is 0 Å². The summed E-state index contributed by atoms with van der Waals surface area (Å²) in [7, 11) is 2.19. The second-order valence-electron chi connectivity index (χ2n) is 4.13. The maximum Gasteiger partial charge on any atom is 0.0556 e. The topological polar surface area (TPSA) is 35.5 Å². The summed E-state index contributed by atoms with van der Waals surface area (Å²) in [4.78, 5) is 2.39. The molecule has 1 aliphatic heterocycles. The molecule has 0 aromatic rings. The van der Waals surface area contributed by atoms with Gasteiger partial charge in [-0.25, -0.2) is 0 Å². The van der Waals surface area contributed by atoms with Crippen LogP contribution in [0.25, 0.3) is 0 Å². The lowest BCUT2D eigenvalue weighted by molar-refractivity contribution is 0.174.